The largest absolute Gasteiger partial charge is 0.427 e. The fourth-order valence-corrected chi connectivity index (χ4v) is 1.89. The fraction of sp³-hybridized carbons (Fsp3) is 0. The maximum atomic E-state index is 10.8. The molecular weight excluding hydrogens is 289 g/mol. The third kappa shape index (κ3) is 2.46. The van der Waals surface area contributed by atoms with Gasteiger partial charge in [-0.15, -0.1) is 4.37 Å². The van der Waals surface area contributed by atoms with Crippen LogP contribution in [0.4, 0.5) is 5.69 Å². The van der Waals surface area contributed by atoms with Crippen LogP contribution in [0.3, 0.4) is 0 Å². The summed E-state index contributed by atoms with van der Waals surface area (Å²) in [7, 11) is 0. The highest BCUT2D eigenvalue weighted by Crippen LogP contribution is 2.38. The summed E-state index contributed by atoms with van der Waals surface area (Å²) in [6.07, 6.45) is 0. The van der Waals surface area contributed by atoms with Crippen LogP contribution in [-0.2, 0) is 0 Å². The zero-order valence-corrected chi connectivity index (χ0v) is 10.3. The molecule has 0 saturated heterocycles. The van der Waals surface area contributed by atoms with Crippen molar-refractivity contribution in [1.29, 1.82) is 0 Å². The lowest BCUT2D eigenvalue weighted by atomic mass is 10.3. The van der Waals surface area contributed by atoms with E-state index in [4.69, 9.17) is 27.9 Å². The minimum absolute atomic E-state index is 0.00660. The highest BCUT2D eigenvalue weighted by Gasteiger charge is 2.21. The molecule has 0 radical (unpaired) electrons. The molecule has 1 heterocycles. The summed E-state index contributed by atoms with van der Waals surface area (Å²) < 4.78 is 12.6. The quantitative estimate of drug-likeness (QED) is 0.638. The molecule has 17 heavy (non-hydrogen) atoms. The number of ether oxygens (including phenoxy) is 1. The van der Waals surface area contributed by atoms with Crippen LogP contribution in [0.15, 0.2) is 18.2 Å². The number of halogens is 2. The van der Waals surface area contributed by atoms with Crippen molar-refractivity contribution in [2.45, 2.75) is 0 Å². The Morgan fingerprint density at radius 1 is 1.35 bits per heavy atom. The Labute approximate surface area is 109 Å². The first-order valence-corrected chi connectivity index (χ1v) is 5.67. The highest BCUT2D eigenvalue weighted by molar-refractivity contribution is 6.99. The van der Waals surface area contributed by atoms with Gasteiger partial charge in [0.1, 0.15) is 0 Å². The van der Waals surface area contributed by atoms with Crippen LogP contribution in [0.2, 0.25) is 10.2 Å². The summed E-state index contributed by atoms with van der Waals surface area (Å²) in [5.74, 6) is -0.110. The van der Waals surface area contributed by atoms with Crippen molar-refractivity contribution in [2.24, 2.45) is 0 Å². The molecule has 9 heteroatoms. The van der Waals surface area contributed by atoms with E-state index in [-0.39, 0.29) is 27.5 Å². The van der Waals surface area contributed by atoms with Gasteiger partial charge in [0.05, 0.1) is 21.7 Å². The molecule has 6 nitrogen and oxygen atoms in total. The second-order valence-electron chi connectivity index (χ2n) is 2.81. The molecule has 1 aromatic carbocycles. The van der Waals surface area contributed by atoms with Gasteiger partial charge in [-0.1, -0.05) is 29.3 Å². The summed E-state index contributed by atoms with van der Waals surface area (Å²) in [5.41, 5.74) is -0.262. The van der Waals surface area contributed by atoms with Crippen LogP contribution in [0.5, 0.6) is 11.6 Å². The van der Waals surface area contributed by atoms with Gasteiger partial charge in [-0.05, 0) is 6.07 Å². The number of hydrogen-bond donors (Lipinski definition) is 0. The normalized spacial score (nSPS) is 10.2. The standard InChI is InChI=1S/C8H3Cl2N3O3S/c9-4-2-1-3-5(13(14)15)6(4)16-8-7(10)11-17-12-8/h1-3H. The second-order valence-corrected chi connectivity index (χ2v) is 4.10. The van der Waals surface area contributed by atoms with Crippen molar-refractivity contribution in [1.82, 2.24) is 8.75 Å². The average molecular weight is 292 g/mol. The van der Waals surface area contributed by atoms with E-state index >= 15 is 0 Å². The third-order valence-corrected chi connectivity index (χ3v) is 2.92. The van der Waals surface area contributed by atoms with Crippen molar-refractivity contribution in [2.75, 3.05) is 0 Å². The number of aromatic nitrogens is 2. The van der Waals surface area contributed by atoms with Crippen LogP contribution in [0, 0.1) is 10.1 Å². The summed E-state index contributed by atoms with van der Waals surface area (Å²) in [5, 5.41) is 10.9. The van der Waals surface area contributed by atoms with Gasteiger partial charge in [0.15, 0.2) is 0 Å². The van der Waals surface area contributed by atoms with E-state index in [9.17, 15) is 10.1 Å². The monoisotopic (exact) mass is 291 g/mol. The topological polar surface area (TPSA) is 78.2 Å². The summed E-state index contributed by atoms with van der Waals surface area (Å²) in [4.78, 5) is 10.2. The van der Waals surface area contributed by atoms with Crippen LogP contribution in [0.1, 0.15) is 0 Å². The SMILES string of the molecule is O=[N+]([O-])c1cccc(Cl)c1Oc1nsnc1Cl. The second kappa shape index (κ2) is 4.82. The average Bonchev–Trinajstić information content (AvgIpc) is 2.67. The van der Waals surface area contributed by atoms with Gasteiger partial charge in [0.25, 0.3) is 5.88 Å². The van der Waals surface area contributed by atoms with E-state index in [1.165, 1.54) is 18.2 Å². The first-order chi connectivity index (χ1) is 8.09. The predicted octanol–water partition coefficient (Wildman–Crippen LogP) is 3.55. The maximum Gasteiger partial charge on any atom is 0.313 e. The van der Waals surface area contributed by atoms with Crippen molar-refractivity contribution < 1.29 is 9.66 Å². The van der Waals surface area contributed by atoms with Crippen LogP contribution < -0.4 is 4.74 Å². The van der Waals surface area contributed by atoms with Crippen LogP contribution >= 0.6 is 34.9 Å². The molecule has 2 rings (SSSR count). The number of nitrogens with zero attached hydrogens (tertiary/aromatic N) is 3. The Balaban J connectivity index is 2.45. The van der Waals surface area contributed by atoms with Gasteiger partial charge < -0.3 is 4.74 Å². The molecule has 0 N–H and O–H groups in total. The molecule has 88 valence electrons. The zero-order valence-electron chi connectivity index (χ0n) is 7.96. The lowest BCUT2D eigenvalue weighted by Crippen LogP contribution is -1.94. The molecule has 0 spiro atoms. The zero-order chi connectivity index (χ0) is 12.4. The van der Waals surface area contributed by atoms with E-state index in [1.54, 1.807) is 0 Å². The Morgan fingerprint density at radius 3 is 2.71 bits per heavy atom. The molecule has 0 aliphatic carbocycles. The smallest absolute Gasteiger partial charge is 0.313 e. The number of rotatable bonds is 3. The predicted molar refractivity (Wildman–Crippen MR) is 63.1 cm³/mol. The van der Waals surface area contributed by atoms with Gasteiger partial charge in [-0.25, -0.2) is 0 Å². The first-order valence-electron chi connectivity index (χ1n) is 4.18. The molecule has 1 aromatic heterocycles. The molecule has 0 fully saturated rings. The minimum atomic E-state index is -0.602. The van der Waals surface area contributed by atoms with E-state index in [0.717, 1.165) is 11.7 Å². The molecule has 0 atom stereocenters. The van der Waals surface area contributed by atoms with Gasteiger partial charge >= 0.3 is 5.69 Å². The van der Waals surface area contributed by atoms with E-state index in [2.05, 4.69) is 8.75 Å². The molecule has 0 unspecified atom stereocenters. The van der Waals surface area contributed by atoms with Gasteiger partial charge in [0.2, 0.25) is 10.9 Å². The third-order valence-electron chi connectivity index (χ3n) is 1.76. The highest BCUT2D eigenvalue weighted by atomic mass is 35.5. The van der Waals surface area contributed by atoms with Crippen molar-refractivity contribution >= 4 is 40.6 Å². The van der Waals surface area contributed by atoms with Crippen LogP contribution in [0.25, 0.3) is 0 Å². The Kier molecular flexibility index (Phi) is 3.41. The Bertz CT molecular complexity index is 575. The number of para-hydroxylation sites is 1. The van der Waals surface area contributed by atoms with E-state index < -0.39 is 4.92 Å². The summed E-state index contributed by atoms with van der Waals surface area (Å²) in [6, 6.07) is 4.20. The lowest BCUT2D eigenvalue weighted by molar-refractivity contribution is -0.385. The Morgan fingerprint density at radius 2 is 2.12 bits per heavy atom. The molecule has 0 amide bonds. The number of benzene rings is 1. The fourth-order valence-electron chi connectivity index (χ4n) is 1.07. The lowest BCUT2D eigenvalue weighted by Gasteiger charge is -2.04. The van der Waals surface area contributed by atoms with Gasteiger partial charge in [-0.3, -0.25) is 10.1 Å². The number of nitro groups is 1. The van der Waals surface area contributed by atoms with Crippen molar-refractivity contribution in [3.05, 3.63) is 38.5 Å². The minimum Gasteiger partial charge on any atom is -0.427 e. The summed E-state index contributed by atoms with van der Waals surface area (Å²) >= 11 is 12.3. The summed E-state index contributed by atoms with van der Waals surface area (Å²) in [6.45, 7) is 0. The van der Waals surface area contributed by atoms with E-state index in [1.807, 2.05) is 0 Å². The maximum absolute atomic E-state index is 10.8. The molecule has 0 aliphatic heterocycles. The Hall–Kier alpha value is -1.44. The molecule has 2 aromatic rings. The van der Waals surface area contributed by atoms with Crippen molar-refractivity contribution in [3.63, 3.8) is 0 Å². The molecule has 0 bridgehead atoms. The number of nitro benzene ring substituents is 1. The molecular formula is C8H3Cl2N3O3S. The van der Waals surface area contributed by atoms with Crippen molar-refractivity contribution in [3.8, 4) is 11.6 Å². The molecule has 0 aliphatic rings. The molecule has 0 saturated carbocycles. The van der Waals surface area contributed by atoms with Gasteiger partial charge in [-0.2, -0.15) is 4.37 Å². The number of hydrogen-bond acceptors (Lipinski definition) is 6. The van der Waals surface area contributed by atoms with Crippen LogP contribution in [-0.4, -0.2) is 13.7 Å². The van der Waals surface area contributed by atoms with E-state index in [0.29, 0.717) is 0 Å². The first kappa shape index (κ1) is 12.0. The van der Waals surface area contributed by atoms with Gasteiger partial charge in [0, 0.05) is 6.07 Å².